The van der Waals surface area contributed by atoms with Crippen LogP contribution in [0.25, 0.3) is 0 Å². The largest absolute Gasteiger partial charge is 0.489 e. The number of anilines is 1. The monoisotopic (exact) mass is 602 g/mol. The van der Waals surface area contributed by atoms with Crippen LogP contribution in [0.5, 0.6) is 5.75 Å². The minimum absolute atomic E-state index is 0.119. The minimum atomic E-state index is -0.516. The Morgan fingerprint density at radius 1 is 1.08 bits per heavy atom. The Hall–Kier alpha value is -3.82. The van der Waals surface area contributed by atoms with Gasteiger partial charge in [0.05, 0.1) is 5.57 Å². The van der Waals surface area contributed by atoms with Crippen LogP contribution >= 0.6 is 27.7 Å². The highest BCUT2D eigenvalue weighted by molar-refractivity contribution is 9.10. The smallest absolute Gasteiger partial charge is 0.338 e. The molecule has 2 heterocycles. The van der Waals surface area contributed by atoms with E-state index in [9.17, 15) is 4.79 Å². The number of hydrogen-bond acceptors (Lipinski definition) is 7. The fraction of sp³-hybridized carbons (Fsp3) is 0.167. The van der Waals surface area contributed by atoms with Crippen LogP contribution < -0.4 is 10.1 Å². The molecule has 1 aromatic heterocycles. The van der Waals surface area contributed by atoms with Crippen molar-refractivity contribution in [3.8, 4) is 5.75 Å². The number of carbonyl (C=O) groups is 1. The number of rotatable bonds is 10. The zero-order valence-electron chi connectivity index (χ0n) is 21.3. The van der Waals surface area contributed by atoms with Crippen molar-refractivity contribution in [3.05, 3.63) is 124 Å². The van der Waals surface area contributed by atoms with Gasteiger partial charge in [-0.15, -0.1) is 5.10 Å². The summed E-state index contributed by atoms with van der Waals surface area (Å²) in [5, 5.41) is 8.65. The lowest BCUT2D eigenvalue weighted by Crippen LogP contribution is -2.29. The molecule has 5 rings (SSSR count). The van der Waals surface area contributed by atoms with Gasteiger partial charge in [0.1, 0.15) is 25.0 Å². The fourth-order valence-corrected chi connectivity index (χ4v) is 5.24. The number of ether oxygens (including phenoxy) is 2. The molecule has 9 heteroatoms. The molecule has 1 N–H and O–H groups in total. The van der Waals surface area contributed by atoms with Gasteiger partial charge in [0.25, 0.3) is 0 Å². The van der Waals surface area contributed by atoms with Gasteiger partial charge in [-0.3, -0.25) is 0 Å². The maximum absolute atomic E-state index is 13.2. The van der Waals surface area contributed by atoms with Crippen molar-refractivity contribution < 1.29 is 14.3 Å². The van der Waals surface area contributed by atoms with Gasteiger partial charge in [-0.1, -0.05) is 94.9 Å². The van der Waals surface area contributed by atoms with Crippen LogP contribution in [0.1, 0.15) is 29.7 Å². The number of hydrogen-bond donors (Lipinski definition) is 1. The van der Waals surface area contributed by atoms with Gasteiger partial charge in [-0.2, -0.15) is 4.98 Å². The van der Waals surface area contributed by atoms with E-state index in [1.165, 1.54) is 5.56 Å². The molecule has 0 spiro atoms. The highest BCUT2D eigenvalue weighted by atomic mass is 79.9. The van der Waals surface area contributed by atoms with Crippen molar-refractivity contribution in [2.45, 2.75) is 30.5 Å². The number of esters is 1. The predicted molar refractivity (Wildman–Crippen MR) is 157 cm³/mol. The molecule has 0 saturated carbocycles. The van der Waals surface area contributed by atoms with Gasteiger partial charge in [0, 0.05) is 15.9 Å². The lowest BCUT2D eigenvalue weighted by Gasteiger charge is -2.28. The molecule has 0 aliphatic carbocycles. The first-order valence-electron chi connectivity index (χ1n) is 12.4. The van der Waals surface area contributed by atoms with E-state index in [4.69, 9.17) is 19.6 Å². The Kier molecular flexibility index (Phi) is 8.48. The summed E-state index contributed by atoms with van der Waals surface area (Å²) in [7, 11) is 0. The summed E-state index contributed by atoms with van der Waals surface area (Å²) in [6.45, 7) is 6.08. The van der Waals surface area contributed by atoms with Crippen molar-refractivity contribution in [1.29, 1.82) is 0 Å². The highest BCUT2D eigenvalue weighted by Gasteiger charge is 2.35. The van der Waals surface area contributed by atoms with Crippen LogP contribution in [0.4, 0.5) is 5.95 Å². The first-order valence-corrected chi connectivity index (χ1v) is 14.2. The van der Waals surface area contributed by atoms with Crippen molar-refractivity contribution in [1.82, 2.24) is 14.8 Å². The van der Waals surface area contributed by atoms with Crippen LogP contribution in [0.15, 0.2) is 112 Å². The van der Waals surface area contributed by atoms with Crippen LogP contribution in [0, 0.1) is 0 Å². The zero-order chi connectivity index (χ0) is 27.2. The number of carbonyl (C=O) groups excluding carboxylic acids is 1. The zero-order valence-corrected chi connectivity index (χ0v) is 23.7. The summed E-state index contributed by atoms with van der Waals surface area (Å²) in [4.78, 5) is 17.9. The van der Waals surface area contributed by atoms with E-state index in [-0.39, 0.29) is 6.61 Å². The van der Waals surface area contributed by atoms with Crippen molar-refractivity contribution in [3.63, 3.8) is 0 Å². The van der Waals surface area contributed by atoms with Crippen molar-refractivity contribution in [2.24, 2.45) is 0 Å². The average molecular weight is 604 g/mol. The number of aromatic nitrogens is 3. The van der Waals surface area contributed by atoms with Gasteiger partial charge in [-0.25, -0.2) is 9.48 Å². The van der Waals surface area contributed by atoms with E-state index < -0.39 is 12.0 Å². The van der Waals surface area contributed by atoms with Crippen LogP contribution in [-0.4, -0.2) is 27.3 Å². The molecule has 1 aliphatic heterocycles. The van der Waals surface area contributed by atoms with Gasteiger partial charge < -0.3 is 14.8 Å². The molecular weight excluding hydrogens is 576 g/mol. The predicted octanol–water partition coefficient (Wildman–Crippen LogP) is 6.93. The Morgan fingerprint density at radius 2 is 1.82 bits per heavy atom. The molecule has 1 atom stereocenters. The molecule has 0 bridgehead atoms. The number of nitrogens with one attached hydrogen (secondary N) is 1. The van der Waals surface area contributed by atoms with E-state index in [0.29, 0.717) is 29.0 Å². The number of nitrogens with zero attached hydrogens (tertiary/aromatic N) is 3. The molecule has 3 aromatic carbocycles. The van der Waals surface area contributed by atoms with Crippen LogP contribution in [0.3, 0.4) is 0 Å². The number of allylic oxidation sites excluding steroid dienone is 1. The number of thioether (sulfide) groups is 1. The van der Waals surface area contributed by atoms with E-state index in [2.05, 4.69) is 40.0 Å². The molecule has 0 radical (unpaired) electrons. The molecule has 0 amide bonds. The topological polar surface area (TPSA) is 78.3 Å². The van der Waals surface area contributed by atoms with Crippen LogP contribution in [-0.2, 0) is 21.9 Å². The lowest BCUT2D eigenvalue weighted by molar-refractivity contribution is -0.138. The summed E-state index contributed by atoms with van der Waals surface area (Å²) < 4.78 is 14.2. The summed E-state index contributed by atoms with van der Waals surface area (Å²) >= 11 is 5.00. The lowest BCUT2D eigenvalue weighted by atomic mass is 9.96. The SMILES string of the molecule is C=CCOC(=O)C1=C(C)Nc2nc(SCc3ccccc3)nn2C1c1ccc(OCc2ccc(Br)cc2)cc1. The van der Waals surface area contributed by atoms with E-state index in [1.807, 2.05) is 73.7 Å². The third kappa shape index (κ3) is 6.43. The summed E-state index contributed by atoms with van der Waals surface area (Å²) in [6.07, 6.45) is 1.55. The fourth-order valence-electron chi connectivity index (χ4n) is 4.19. The van der Waals surface area contributed by atoms with Crippen LogP contribution in [0.2, 0.25) is 0 Å². The van der Waals surface area contributed by atoms with E-state index in [1.54, 1.807) is 22.5 Å². The summed E-state index contributed by atoms with van der Waals surface area (Å²) in [5.74, 6) is 1.61. The molecule has 0 saturated heterocycles. The molecule has 0 fully saturated rings. The summed E-state index contributed by atoms with van der Waals surface area (Å²) in [6, 6.07) is 25.4. The van der Waals surface area contributed by atoms with Gasteiger partial charge in [-0.05, 0) is 47.9 Å². The second-order valence-corrected chi connectivity index (χ2v) is 10.7. The third-order valence-corrected chi connectivity index (χ3v) is 7.55. The minimum Gasteiger partial charge on any atom is -0.489 e. The van der Waals surface area contributed by atoms with Gasteiger partial charge in [0.15, 0.2) is 0 Å². The third-order valence-electron chi connectivity index (χ3n) is 6.11. The molecule has 39 heavy (non-hydrogen) atoms. The summed E-state index contributed by atoms with van der Waals surface area (Å²) in [5.41, 5.74) is 4.26. The maximum Gasteiger partial charge on any atom is 0.338 e. The van der Waals surface area contributed by atoms with Gasteiger partial charge in [0.2, 0.25) is 11.1 Å². The van der Waals surface area contributed by atoms with E-state index in [0.717, 1.165) is 27.1 Å². The average Bonchev–Trinajstić information content (AvgIpc) is 3.37. The maximum atomic E-state index is 13.2. The quantitative estimate of drug-likeness (QED) is 0.120. The normalized spacial score (nSPS) is 14.4. The Labute approximate surface area is 240 Å². The molecule has 7 nitrogen and oxygen atoms in total. The standard InChI is InChI=1S/C30H27BrN4O3S/c1-3-17-37-28(36)26-20(2)32-29-33-30(39-19-22-7-5-4-6-8-22)34-35(29)27(26)23-11-15-25(16-12-23)38-18-21-9-13-24(31)14-10-21/h3-16,27H,1,17-19H2,2H3,(H,32,33,34). The number of fused-ring (bicyclic) bond motifs is 1. The molecule has 1 aliphatic rings. The highest BCUT2D eigenvalue weighted by Crippen LogP contribution is 2.37. The van der Waals surface area contributed by atoms with Crippen molar-refractivity contribution >= 4 is 39.6 Å². The van der Waals surface area contributed by atoms with Crippen molar-refractivity contribution in [2.75, 3.05) is 11.9 Å². The molecular formula is C30H27BrN4O3S. The molecule has 198 valence electrons. The van der Waals surface area contributed by atoms with Gasteiger partial charge >= 0.3 is 5.97 Å². The first-order chi connectivity index (χ1) is 19.0. The Morgan fingerprint density at radius 3 is 2.54 bits per heavy atom. The number of benzene rings is 3. The molecule has 4 aromatic rings. The van der Waals surface area contributed by atoms with E-state index >= 15 is 0 Å². The second-order valence-electron chi connectivity index (χ2n) is 8.87. The number of halogens is 1. The second kappa shape index (κ2) is 12.4. The molecule has 1 unspecified atom stereocenters. The Balaban J connectivity index is 1.41. The first kappa shape index (κ1) is 26.8. The Bertz CT molecular complexity index is 1490.